The molecule has 0 radical (unpaired) electrons. The normalized spacial score (nSPS) is 28.4. The molecule has 6 heterocycles. The Morgan fingerprint density at radius 3 is 2.57 bits per heavy atom. The van der Waals surface area contributed by atoms with Gasteiger partial charge in [-0.05, 0) is 92.4 Å². The summed E-state index contributed by atoms with van der Waals surface area (Å²) in [5.41, 5.74) is 0.587. The lowest BCUT2D eigenvalue weighted by Crippen LogP contribution is -2.70. The summed E-state index contributed by atoms with van der Waals surface area (Å²) in [7, 11) is 1.87. The van der Waals surface area contributed by atoms with Crippen molar-refractivity contribution in [3.05, 3.63) is 118 Å². The van der Waals surface area contributed by atoms with Crippen LogP contribution in [0, 0.1) is 30.6 Å². The van der Waals surface area contributed by atoms with Crippen molar-refractivity contribution < 1.29 is 59.5 Å². The number of nitrogens with zero attached hydrogens (tertiary/aromatic N) is 1. The Kier molecular flexibility index (Phi) is 11.5. The minimum atomic E-state index is -2.49. The minimum absolute atomic E-state index is 0.0175. The number of phenolic OH excluding ortho intramolecular Hbond substituents is 2. The number of aromatic amines is 1. The molecule has 17 heteroatoms. The van der Waals surface area contributed by atoms with Crippen molar-refractivity contribution in [1.82, 2.24) is 20.2 Å². The summed E-state index contributed by atoms with van der Waals surface area (Å²) in [5, 5.41) is 87.6. The van der Waals surface area contributed by atoms with Crippen LogP contribution in [0.25, 0.3) is 38.3 Å². The molecule has 12 atom stereocenters. The number of aromatic hydroxyl groups is 2. The van der Waals surface area contributed by atoms with Crippen molar-refractivity contribution in [1.29, 1.82) is 0 Å². The third-order valence-corrected chi connectivity index (χ3v) is 16.0. The number of phenols is 2. The first-order chi connectivity index (χ1) is 33.7. The van der Waals surface area contributed by atoms with Crippen LogP contribution in [0.5, 0.6) is 17.2 Å². The molecule has 70 heavy (non-hydrogen) atoms. The maximum absolute atomic E-state index is 14.1. The Bertz CT molecular complexity index is 3170. The highest BCUT2D eigenvalue weighted by molar-refractivity contribution is 5.93. The number of rotatable bonds is 11. The number of benzene rings is 3. The summed E-state index contributed by atoms with van der Waals surface area (Å²) >= 11 is 0. The monoisotopic (exact) mass is 958 g/mol. The number of aliphatic hydroxyl groups is 5. The highest BCUT2D eigenvalue weighted by Crippen LogP contribution is 2.59. The number of carbonyl (C=O) groups is 1. The Morgan fingerprint density at radius 2 is 1.81 bits per heavy atom. The van der Waals surface area contributed by atoms with E-state index in [4.69, 9.17) is 18.9 Å². The summed E-state index contributed by atoms with van der Waals surface area (Å²) in [6.45, 7) is 3.30. The predicted octanol–water partition coefficient (Wildman–Crippen LogP) is 3.78. The molecular formula is C53H58N4O13. The van der Waals surface area contributed by atoms with E-state index in [2.05, 4.69) is 40.8 Å². The fourth-order valence-electron chi connectivity index (χ4n) is 12.7. The van der Waals surface area contributed by atoms with E-state index in [9.17, 15) is 45.3 Å². The Hall–Kier alpha value is -6.02. The summed E-state index contributed by atoms with van der Waals surface area (Å²) in [6, 6.07) is 12.2. The number of amides is 1. The molecule has 6 aromatic rings. The molecule has 3 aromatic carbocycles. The van der Waals surface area contributed by atoms with Crippen LogP contribution in [0.1, 0.15) is 48.8 Å². The summed E-state index contributed by atoms with van der Waals surface area (Å²) in [5.74, 6) is -0.688. The lowest BCUT2D eigenvalue weighted by Gasteiger charge is -2.59. The number of H-pyrrole nitrogens is 1. The number of allylic oxidation sites excluding steroid dienone is 1. The number of carbonyl (C=O) groups excluding carboxylic acids is 1. The number of aryl methyl sites for hydroxylation is 2. The van der Waals surface area contributed by atoms with Gasteiger partial charge in [0.15, 0.2) is 22.4 Å². The number of hydrogen-bond acceptors (Lipinski definition) is 14. The zero-order valence-electron chi connectivity index (χ0n) is 39.0. The van der Waals surface area contributed by atoms with Crippen molar-refractivity contribution in [3.63, 3.8) is 0 Å². The van der Waals surface area contributed by atoms with Crippen LogP contribution in [0.4, 0.5) is 0 Å². The molecule has 2 fully saturated rings. The number of aromatic nitrogens is 2. The van der Waals surface area contributed by atoms with Crippen molar-refractivity contribution in [2.24, 2.45) is 23.7 Å². The van der Waals surface area contributed by atoms with Gasteiger partial charge in [0.25, 0.3) is 0 Å². The lowest BCUT2D eigenvalue weighted by molar-refractivity contribution is -0.405. The SMILES string of the molecule is CCc1c2cc[nH]c2cn1-c1c2c(cc3c(=O)cc(C)oc13)C[C@H]1OO[C@H]([C@@](O)(Cc3ccc(O)c4ccc(O)cc34)[C@@H](O)[C@H](O)[C@H](O)CO)CCC3=C[C@@H](NC)[C@@H]4C=C[C@@H]([C@@H]5CNC(=O)C5)[C@H]3[C@@]14O2. The van der Waals surface area contributed by atoms with E-state index >= 15 is 0 Å². The summed E-state index contributed by atoms with van der Waals surface area (Å²) in [4.78, 5) is 43.8. The number of fused-ring (bicyclic) bond motifs is 4. The van der Waals surface area contributed by atoms with E-state index in [1.54, 1.807) is 13.0 Å². The van der Waals surface area contributed by atoms with Crippen LogP contribution in [0.2, 0.25) is 0 Å². The second-order valence-corrected chi connectivity index (χ2v) is 19.9. The van der Waals surface area contributed by atoms with Gasteiger partial charge in [0.1, 0.15) is 59.1 Å². The van der Waals surface area contributed by atoms with Gasteiger partial charge in [-0.1, -0.05) is 36.8 Å². The maximum atomic E-state index is 14.1. The van der Waals surface area contributed by atoms with Gasteiger partial charge in [0, 0.05) is 84.2 Å². The van der Waals surface area contributed by atoms with E-state index < -0.39 is 66.6 Å². The van der Waals surface area contributed by atoms with E-state index in [1.165, 1.54) is 36.4 Å². The molecular weight excluding hydrogens is 901 g/mol. The van der Waals surface area contributed by atoms with Crippen LogP contribution in [-0.4, -0.2) is 119 Å². The van der Waals surface area contributed by atoms with Gasteiger partial charge < -0.3 is 65.1 Å². The lowest BCUT2D eigenvalue weighted by atomic mass is 9.53. The molecule has 2 saturated heterocycles. The first kappa shape index (κ1) is 46.4. The number of hydrogen-bond donors (Lipinski definition) is 10. The van der Waals surface area contributed by atoms with Crippen molar-refractivity contribution in [2.75, 3.05) is 20.2 Å². The van der Waals surface area contributed by atoms with Crippen molar-refractivity contribution >= 4 is 38.6 Å². The topological polar surface area (TPSA) is 261 Å². The average Bonchev–Trinajstić information content (AvgIpc) is 4.08. The van der Waals surface area contributed by atoms with Crippen molar-refractivity contribution in [3.8, 4) is 22.9 Å². The molecule has 4 bridgehead atoms. The molecule has 17 nitrogen and oxygen atoms in total. The molecule has 3 aromatic heterocycles. The van der Waals surface area contributed by atoms with Gasteiger partial charge in [-0.3, -0.25) is 9.59 Å². The van der Waals surface area contributed by atoms with Gasteiger partial charge in [-0.2, -0.15) is 0 Å². The van der Waals surface area contributed by atoms with Crippen molar-refractivity contribution in [2.45, 2.75) is 100 Å². The number of likely N-dealkylation sites (N-methyl/N-ethyl adjacent to an activating group) is 1. The average molecular weight is 959 g/mol. The second kappa shape index (κ2) is 17.4. The molecule has 368 valence electrons. The van der Waals surface area contributed by atoms with Gasteiger partial charge in [-0.25, -0.2) is 9.78 Å². The third-order valence-electron chi connectivity index (χ3n) is 16.0. The smallest absolute Gasteiger partial charge is 0.220 e. The molecule has 11 rings (SSSR count). The first-order valence-electron chi connectivity index (χ1n) is 24.1. The molecule has 5 aliphatic rings. The van der Waals surface area contributed by atoms with Crippen LogP contribution in [0.3, 0.4) is 0 Å². The summed E-state index contributed by atoms with van der Waals surface area (Å²) < 4.78 is 16.5. The second-order valence-electron chi connectivity index (χ2n) is 19.9. The number of ether oxygens (including phenoxy) is 1. The summed E-state index contributed by atoms with van der Waals surface area (Å²) in [6.07, 6.45) is 2.56. The first-order valence-corrected chi connectivity index (χ1v) is 24.1. The van der Waals surface area contributed by atoms with Gasteiger partial charge >= 0.3 is 0 Å². The molecule has 3 aliphatic heterocycles. The molecule has 1 spiro atoms. The highest BCUT2D eigenvalue weighted by Gasteiger charge is 2.66. The Labute approximate surface area is 401 Å². The molecule has 1 amide bonds. The largest absolute Gasteiger partial charge is 0.508 e. The standard InChI is InChI=1S/C53H58N4O13/c1-4-39-33-13-14-55-38(33)23-57(39)47-49-28(16-35-41(61)15-25(2)67-50(35)47)18-44-53(68-49)36-10-9-31(29-19-45(63)56-22-29)46(53)26(17-37(36)54-3)6-12-43(69-70-44)52(66,51(65)48(64)42(62)24-58)21-27-5-11-40(60)32-8-7-30(59)20-34(27)32/h5,7-11,13-17,20,23,29,31,36-37,42-44,46,48,51,54-55,58-60,62,64-66H,4,6,12,18-19,21-22,24H2,1-3H3,(H,56,63)/t29-,31-,36-,37+,42+,43-,44+,46-,48+,51-,52-,53-/m0/s1. The van der Waals surface area contributed by atoms with E-state index in [-0.39, 0.29) is 66.4 Å². The Morgan fingerprint density at radius 1 is 0.986 bits per heavy atom. The quantitative estimate of drug-likeness (QED) is 0.0655. The fourth-order valence-corrected chi connectivity index (χ4v) is 12.7. The van der Waals surface area contributed by atoms with Crippen LogP contribution >= 0.6 is 0 Å². The molecule has 0 saturated carbocycles. The van der Waals surface area contributed by atoms with Gasteiger partial charge in [0.2, 0.25) is 5.91 Å². The predicted molar refractivity (Wildman–Crippen MR) is 257 cm³/mol. The highest BCUT2D eigenvalue weighted by atomic mass is 17.2. The minimum Gasteiger partial charge on any atom is -0.508 e. The van der Waals surface area contributed by atoms with Crippen LogP contribution < -0.4 is 20.8 Å². The van der Waals surface area contributed by atoms with E-state index in [1.807, 2.05) is 30.1 Å². The number of aliphatic hydroxyl groups excluding tert-OH is 4. The zero-order valence-corrected chi connectivity index (χ0v) is 39.0. The fraction of sp³-hybridized carbons (Fsp3) is 0.434. The van der Waals surface area contributed by atoms with E-state index in [0.29, 0.717) is 63.0 Å². The Balaban J connectivity index is 1.12. The molecule has 0 unspecified atom stereocenters. The number of nitrogens with one attached hydrogen (secondary N) is 3. The van der Waals surface area contributed by atoms with Gasteiger partial charge in [-0.15, -0.1) is 0 Å². The van der Waals surface area contributed by atoms with E-state index in [0.717, 1.165) is 22.2 Å². The molecule has 2 aliphatic carbocycles. The van der Waals surface area contributed by atoms with Crippen LogP contribution in [0.15, 0.2) is 93.9 Å². The maximum Gasteiger partial charge on any atom is 0.220 e. The molecule has 10 N–H and O–H groups in total. The van der Waals surface area contributed by atoms with Crippen LogP contribution in [-0.2, 0) is 33.8 Å². The van der Waals surface area contributed by atoms with Gasteiger partial charge in [0.05, 0.1) is 17.5 Å². The third kappa shape index (κ3) is 7.12. The zero-order chi connectivity index (χ0) is 49.0.